The molecule has 2 aromatic carbocycles. The Kier molecular flexibility index (Phi) is 3.47. The molecule has 0 fully saturated rings. The fourth-order valence-electron chi connectivity index (χ4n) is 2.33. The summed E-state index contributed by atoms with van der Waals surface area (Å²) in [4.78, 5) is 10.8. The molecule has 1 aromatic heterocycles. The van der Waals surface area contributed by atoms with Gasteiger partial charge < -0.3 is 5.11 Å². The first kappa shape index (κ1) is 13.8. The van der Waals surface area contributed by atoms with Crippen molar-refractivity contribution < 1.29 is 9.90 Å². The highest BCUT2D eigenvalue weighted by Crippen LogP contribution is 2.29. The molecule has 0 radical (unpaired) electrons. The summed E-state index contributed by atoms with van der Waals surface area (Å²) in [6.07, 6.45) is -0.125. The van der Waals surface area contributed by atoms with Gasteiger partial charge in [-0.1, -0.05) is 45.4 Å². The van der Waals surface area contributed by atoms with E-state index in [0.29, 0.717) is 5.69 Å². The van der Waals surface area contributed by atoms with Crippen molar-refractivity contribution in [1.29, 1.82) is 0 Å². The van der Waals surface area contributed by atoms with Gasteiger partial charge in [0.25, 0.3) is 0 Å². The average molecular weight is 346 g/mol. The summed E-state index contributed by atoms with van der Waals surface area (Å²) >= 11 is 3.54. The molecule has 0 saturated carbocycles. The lowest BCUT2D eigenvalue weighted by Crippen LogP contribution is -2.04. The van der Waals surface area contributed by atoms with E-state index in [9.17, 15) is 4.79 Å². The second-order valence-electron chi connectivity index (χ2n) is 4.72. The Morgan fingerprint density at radius 2 is 1.95 bits per heavy atom. The van der Waals surface area contributed by atoms with Crippen LogP contribution >= 0.6 is 15.9 Å². The van der Waals surface area contributed by atoms with Crippen LogP contribution in [0.3, 0.4) is 0 Å². The summed E-state index contributed by atoms with van der Waals surface area (Å²) in [5, 5.41) is 19.1. The van der Waals surface area contributed by atoms with Crippen LogP contribution in [0.2, 0.25) is 0 Å². The zero-order chi connectivity index (χ0) is 15.0. The third kappa shape index (κ3) is 2.42. The van der Waals surface area contributed by atoms with Gasteiger partial charge in [0, 0.05) is 9.86 Å². The second-order valence-corrected chi connectivity index (χ2v) is 5.57. The van der Waals surface area contributed by atoms with E-state index in [-0.39, 0.29) is 6.42 Å². The Morgan fingerprint density at radius 3 is 2.67 bits per heavy atom. The van der Waals surface area contributed by atoms with Gasteiger partial charge in [-0.3, -0.25) is 4.79 Å². The maximum atomic E-state index is 10.8. The number of aromatic nitrogens is 3. The zero-order valence-electron chi connectivity index (χ0n) is 11.2. The van der Waals surface area contributed by atoms with Crippen molar-refractivity contribution in [1.82, 2.24) is 15.0 Å². The van der Waals surface area contributed by atoms with Crippen molar-refractivity contribution in [3.05, 3.63) is 52.3 Å². The lowest BCUT2D eigenvalue weighted by atomic mass is 10.1. The number of fused-ring (bicyclic) bond motifs is 1. The number of carboxylic acids is 1. The molecule has 0 aliphatic rings. The first-order valence-electron chi connectivity index (χ1n) is 6.38. The first-order chi connectivity index (χ1) is 10.1. The van der Waals surface area contributed by atoms with Gasteiger partial charge in [0.05, 0.1) is 23.5 Å². The lowest BCUT2D eigenvalue weighted by molar-refractivity contribution is -0.136. The van der Waals surface area contributed by atoms with E-state index in [2.05, 4.69) is 26.2 Å². The molecule has 3 rings (SSSR count). The molecule has 106 valence electrons. The number of hydrogen-bond acceptors (Lipinski definition) is 3. The number of halogens is 1. The summed E-state index contributed by atoms with van der Waals surface area (Å²) < 4.78 is 2.69. The van der Waals surface area contributed by atoms with Crippen LogP contribution in [0.4, 0.5) is 0 Å². The number of aliphatic carboxylic acids is 1. The summed E-state index contributed by atoms with van der Waals surface area (Å²) in [5.74, 6) is -0.911. The summed E-state index contributed by atoms with van der Waals surface area (Å²) in [6.45, 7) is 1.83. The quantitative estimate of drug-likeness (QED) is 0.791. The second kappa shape index (κ2) is 5.29. The number of hydrogen-bond donors (Lipinski definition) is 1. The van der Waals surface area contributed by atoms with Crippen LogP contribution in [-0.4, -0.2) is 26.1 Å². The molecule has 0 amide bonds. The topological polar surface area (TPSA) is 68.0 Å². The molecule has 21 heavy (non-hydrogen) atoms. The molecule has 0 aliphatic heterocycles. The number of carbonyl (C=O) groups is 1. The monoisotopic (exact) mass is 345 g/mol. The normalized spacial score (nSPS) is 11.0. The molecule has 0 aliphatic carbocycles. The number of nitrogens with zero attached hydrogens (tertiary/aromatic N) is 3. The predicted molar refractivity (Wildman–Crippen MR) is 82.6 cm³/mol. The molecule has 5 nitrogen and oxygen atoms in total. The Morgan fingerprint density at radius 1 is 1.24 bits per heavy atom. The van der Waals surface area contributed by atoms with Crippen molar-refractivity contribution in [2.75, 3.05) is 0 Å². The van der Waals surface area contributed by atoms with Crippen molar-refractivity contribution in [2.24, 2.45) is 0 Å². The van der Waals surface area contributed by atoms with E-state index >= 15 is 0 Å². The van der Waals surface area contributed by atoms with Gasteiger partial charge in [-0.05, 0) is 24.4 Å². The molecule has 0 saturated heterocycles. The molecule has 0 atom stereocenters. The van der Waals surface area contributed by atoms with Crippen LogP contribution in [0.25, 0.3) is 16.5 Å². The third-order valence-electron chi connectivity index (χ3n) is 3.38. The molecule has 1 N–H and O–H groups in total. The van der Waals surface area contributed by atoms with Crippen LogP contribution in [0.15, 0.2) is 40.9 Å². The first-order valence-corrected chi connectivity index (χ1v) is 7.18. The molecule has 6 heteroatoms. The van der Waals surface area contributed by atoms with Gasteiger partial charge in [-0.25, -0.2) is 4.68 Å². The number of carboxylic acid groups (broad SMARTS) is 1. The molecular formula is C15H12BrN3O2. The Hall–Kier alpha value is -2.21. The van der Waals surface area contributed by atoms with Gasteiger partial charge in [0.2, 0.25) is 0 Å². The zero-order valence-corrected chi connectivity index (χ0v) is 12.8. The maximum Gasteiger partial charge on any atom is 0.309 e. The van der Waals surface area contributed by atoms with Crippen molar-refractivity contribution in [3.63, 3.8) is 0 Å². The van der Waals surface area contributed by atoms with E-state index in [1.807, 2.05) is 43.3 Å². The van der Waals surface area contributed by atoms with E-state index in [0.717, 1.165) is 26.6 Å². The van der Waals surface area contributed by atoms with Gasteiger partial charge in [0.15, 0.2) is 0 Å². The Bertz CT molecular complexity index is 842. The predicted octanol–water partition coefficient (Wildman–Crippen LogP) is 3.12. The van der Waals surface area contributed by atoms with E-state index in [1.165, 1.54) is 0 Å². The third-order valence-corrected chi connectivity index (χ3v) is 4.08. The standard InChI is InChI=1S/C15H12BrN3O2/c1-9-13(8-15(20)21)17-18-19(9)14-7-6-12(16)10-4-2-3-5-11(10)14/h2-7H,8H2,1H3,(H,20,21). The van der Waals surface area contributed by atoms with Crippen LogP contribution < -0.4 is 0 Å². The minimum atomic E-state index is -0.911. The van der Waals surface area contributed by atoms with Crippen LogP contribution in [0.5, 0.6) is 0 Å². The van der Waals surface area contributed by atoms with E-state index in [1.54, 1.807) is 4.68 Å². The van der Waals surface area contributed by atoms with Crippen LogP contribution in [0, 0.1) is 6.92 Å². The molecule has 1 heterocycles. The average Bonchev–Trinajstić information content (AvgIpc) is 2.81. The fourth-order valence-corrected chi connectivity index (χ4v) is 2.80. The molecular weight excluding hydrogens is 334 g/mol. The van der Waals surface area contributed by atoms with Gasteiger partial charge in [0.1, 0.15) is 0 Å². The highest BCUT2D eigenvalue weighted by atomic mass is 79.9. The Labute approximate surface area is 129 Å². The Balaban J connectivity index is 2.20. The number of rotatable bonds is 3. The molecule has 3 aromatic rings. The summed E-state index contributed by atoms with van der Waals surface area (Å²) in [6, 6.07) is 11.9. The van der Waals surface area contributed by atoms with Crippen LogP contribution in [-0.2, 0) is 11.2 Å². The lowest BCUT2D eigenvalue weighted by Gasteiger charge is -2.09. The smallest absolute Gasteiger partial charge is 0.309 e. The maximum absolute atomic E-state index is 10.8. The van der Waals surface area contributed by atoms with Gasteiger partial charge in [-0.15, -0.1) is 5.10 Å². The molecule has 0 bridgehead atoms. The SMILES string of the molecule is Cc1c(CC(=O)O)nnn1-c1ccc(Br)c2ccccc12. The fraction of sp³-hybridized carbons (Fsp3) is 0.133. The summed E-state index contributed by atoms with van der Waals surface area (Å²) in [5.41, 5.74) is 2.11. The minimum Gasteiger partial charge on any atom is -0.481 e. The minimum absolute atomic E-state index is 0.125. The highest BCUT2D eigenvalue weighted by molar-refractivity contribution is 9.10. The van der Waals surface area contributed by atoms with Crippen molar-refractivity contribution >= 4 is 32.7 Å². The van der Waals surface area contributed by atoms with Crippen LogP contribution in [0.1, 0.15) is 11.4 Å². The van der Waals surface area contributed by atoms with Gasteiger partial charge >= 0.3 is 5.97 Å². The molecule has 0 unspecified atom stereocenters. The molecule has 0 spiro atoms. The largest absolute Gasteiger partial charge is 0.481 e. The van der Waals surface area contributed by atoms with E-state index in [4.69, 9.17) is 5.11 Å². The van der Waals surface area contributed by atoms with Crippen molar-refractivity contribution in [2.45, 2.75) is 13.3 Å². The van der Waals surface area contributed by atoms with E-state index < -0.39 is 5.97 Å². The number of benzene rings is 2. The highest BCUT2D eigenvalue weighted by Gasteiger charge is 2.15. The summed E-state index contributed by atoms with van der Waals surface area (Å²) in [7, 11) is 0. The van der Waals surface area contributed by atoms with Gasteiger partial charge in [-0.2, -0.15) is 0 Å². The van der Waals surface area contributed by atoms with Crippen molar-refractivity contribution in [3.8, 4) is 5.69 Å².